The highest BCUT2D eigenvalue weighted by atomic mass is 19.1. The van der Waals surface area contributed by atoms with Gasteiger partial charge in [0.15, 0.2) is 0 Å². The maximum absolute atomic E-state index is 13.7. The van der Waals surface area contributed by atoms with Gasteiger partial charge in [0.2, 0.25) is 5.91 Å². The number of urea groups is 1. The first-order valence-corrected chi connectivity index (χ1v) is 8.57. The molecule has 1 aliphatic heterocycles. The van der Waals surface area contributed by atoms with Gasteiger partial charge in [-0.3, -0.25) is 4.79 Å². The SMILES string of the molecule is CCNC(=O)[C@H]1CCCN(C(=O)N[C@H](C)Cc2ccccc2F)C1. The lowest BCUT2D eigenvalue weighted by atomic mass is 9.97. The molecule has 2 N–H and O–H groups in total. The average Bonchev–Trinajstić information content (AvgIpc) is 2.57. The molecular weight excluding hydrogens is 309 g/mol. The second-order valence-electron chi connectivity index (χ2n) is 6.33. The molecule has 6 heteroatoms. The third kappa shape index (κ3) is 4.94. The van der Waals surface area contributed by atoms with Gasteiger partial charge in [-0.25, -0.2) is 9.18 Å². The second-order valence-corrected chi connectivity index (χ2v) is 6.33. The number of rotatable bonds is 5. The molecule has 0 saturated carbocycles. The van der Waals surface area contributed by atoms with Gasteiger partial charge in [-0.05, 0) is 44.7 Å². The van der Waals surface area contributed by atoms with Crippen LogP contribution in [0.15, 0.2) is 24.3 Å². The zero-order valence-electron chi connectivity index (χ0n) is 14.3. The number of nitrogens with one attached hydrogen (secondary N) is 2. The van der Waals surface area contributed by atoms with Gasteiger partial charge in [0.25, 0.3) is 0 Å². The largest absolute Gasteiger partial charge is 0.356 e. The molecule has 0 spiro atoms. The summed E-state index contributed by atoms with van der Waals surface area (Å²) in [5.74, 6) is -0.395. The van der Waals surface area contributed by atoms with E-state index in [4.69, 9.17) is 0 Å². The predicted octanol–water partition coefficient (Wildman–Crippen LogP) is 2.31. The quantitative estimate of drug-likeness (QED) is 0.867. The van der Waals surface area contributed by atoms with E-state index in [0.29, 0.717) is 31.6 Å². The molecule has 1 aromatic rings. The number of amides is 3. The fraction of sp³-hybridized carbons (Fsp3) is 0.556. The smallest absolute Gasteiger partial charge is 0.317 e. The molecule has 0 unspecified atom stereocenters. The molecular formula is C18H26FN3O2. The van der Waals surface area contributed by atoms with Gasteiger partial charge in [0.1, 0.15) is 5.82 Å². The number of piperidine rings is 1. The minimum absolute atomic E-state index is 0.00871. The average molecular weight is 335 g/mol. The molecule has 132 valence electrons. The van der Waals surface area contributed by atoms with Crippen LogP contribution >= 0.6 is 0 Å². The lowest BCUT2D eigenvalue weighted by Gasteiger charge is -2.33. The number of hydrogen-bond donors (Lipinski definition) is 2. The van der Waals surface area contributed by atoms with Crippen molar-refractivity contribution in [1.29, 1.82) is 0 Å². The van der Waals surface area contributed by atoms with Crippen LogP contribution in [-0.2, 0) is 11.2 Å². The molecule has 0 radical (unpaired) electrons. The van der Waals surface area contributed by atoms with E-state index in [-0.39, 0.29) is 29.7 Å². The Labute approximate surface area is 142 Å². The normalized spacial score (nSPS) is 18.8. The van der Waals surface area contributed by atoms with Crippen LogP contribution in [0, 0.1) is 11.7 Å². The molecule has 5 nitrogen and oxygen atoms in total. The number of carbonyl (C=O) groups excluding carboxylic acids is 2. The molecule has 0 aliphatic carbocycles. The Hall–Kier alpha value is -2.11. The van der Waals surface area contributed by atoms with Crippen LogP contribution in [0.25, 0.3) is 0 Å². The van der Waals surface area contributed by atoms with E-state index < -0.39 is 0 Å². The molecule has 1 saturated heterocycles. The number of hydrogen-bond acceptors (Lipinski definition) is 2. The molecule has 1 aromatic carbocycles. The zero-order chi connectivity index (χ0) is 17.5. The standard InChI is InChI=1S/C18H26FN3O2/c1-3-20-17(23)15-8-6-10-22(12-15)18(24)21-13(2)11-14-7-4-5-9-16(14)19/h4-5,7,9,13,15H,3,6,8,10-12H2,1-2H3,(H,20,23)(H,21,24)/t13-,15+/m1/s1. The van der Waals surface area contributed by atoms with Crippen molar-refractivity contribution in [2.75, 3.05) is 19.6 Å². The van der Waals surface area contributed by atoms with Crippen molar-refractivity contribution in [1.82, 2.24) is 15.5 Å². The van der Waals surface area contributed by atoms with E-state index >= 15 is 0 Å². The number of carbonyl (C=O) groups is 2. The van der Waals surface area contributed by atoms with Crippen LogP contribution in [0.1, 0.15) is 32.3 Å². The zero-order valence-corrected chi connectivity index (χ0v) is 14.3. The van der Waals surface area contributed by atoms with Crippen LogP contribution in [0.5, 0.6) is 0 Å². The second kappa shape index (κ2) is 8.66. The Morgan fingerprint density at radius 3 is 2.83 bits per heavy atom. The van der Waals surface area contributed by atoms with Crippen LogP contribution in [0.2, 0.25) is 0 Å². The fourth-order valence-corrected chi connectivity index (χ4v) is 3.04. The minimum atomic E-state index is -0.257. The van der Waals surface area contributed by atoms with E-state index in [1.54, 1.807) is 23.1 Å². The Morgan fingerprint density at radius 2 is 2.12 bits per heavy atom. The van der Waals surface area contributed by atoms with Crippen molar-refractivity contribution in [3.8, 4) is 0 Å². The summed E-state index contributed by atoms with van der Waals surface area (Å²) in [6.45, 7) is 5.42. The highest BCUT2D eigenvalue weighted by molar-refractivity contribution is 5.80. The van der Waals surface area contributed by atoms with Crippen molar-refractivity contribution in [2.24, 2.45) is 5.92 Å². The van der Waals surface area contributed by atoms with Gasteiger partial charge >= 0.3 is 6.03 Å². The summed E-state index contributed by atoms with van der Waals surface area (Å²) in [5.41, 5.74) is 0.587. The van der Waals surface area contributed by atoms with Gasteiger partial charge in [0, 0.05) is 25.7 Å². The fourth-order valence-electron chi connectivity index (χ4n) is 3.04. The van der Waals surface area contributed by atoms with Crippen LogP contribution in [-0.4, -0.2) is 42.5 Å². The van der Waals surface area contributed by atoms with Gasteiger partial charge in [-0.2, -0.15) is 0 Å². The highest BCUT2D eigenvalue weighted by Gasteiger charge is 2.28. The molecule has 0 aromatic heterocycles. The summed E-state index contributed by atoms with van der Waals surface area (Å²) in [6.07, 6.45) is 2.06. The first kappa shape index (κ1) is 18.2. The Balaban J connectivity index is 1.87. The van der Waals surface area contributed by atoms with Gasteiger partial charge < -0.3 is 15.5 Å². The minimum Gasteiger partial charge on any atom is -0.356 e. The number of halogens is 1. The summed E-state index contributed by atoms with van der Waals surface area (Å²) < 4.78 is 13.7. The first-order chi connectivity index (χ1) is 11.5. The topological polar surface area (TPSA) is 61.4 Å². The summed E-state index contributed by atoms with van der Waals surface area (Å²) in [5, 5.41) is 5.72. The maximum Gasteiger partial charge on any atom is 0.317 e. The first-order valence-electron chi connectivity index (χ1n) is 8.57. The van der Waals surface area contributed by atoms with Crippen LogP contribution in [0.4, 0.5) is 9.18 Å². The lowest BCUT2D eigenvalue weighted by molar-refractivity contribution is -0.126. The number of likely N-dealkylation sites (tertiary alicyclic amines) is 1. The van der Waals surface area contributed by atoms with E-state index in [0.717, 1.165) is 12.8 Å². The summed E-state index contributed by atoms with van der Waals surface area (Å²) in [6, 6.07) is 6.22. The third-order valence-electron chi connectivity index (χ3n) is 4.28. The molecule has 2 atom stereocenters. The van der Waals surface area contributed by atoms with Crippen LogP contribution < -0.4 is 10.6 Å². The van der Waals surface area contributed by atoms with Crippen molar-refractivity contribution in [3.05, 3.63) is 35.6 Å². The van der Waals surface area contributed by atoms with Crippen molar-refractivity contribution >= 4 is 11.9 Å². The van der Waals surface area contributed by atoms with Crippen molar-refractivity contribution in [2.45, 2.75) is 39.2 Å². The summed E-state index contributed by atoms with van der Waals surface area (Å²) in [4.78, 5) is 26.0. The molecule has 0 bridgehead atoms. The molecule has 1 heterocycles. The Bertz CT molecular complexity index is 579. The van der Waals surface area contributed by atoms with Gasteiger partial charge in [-0.15, -0.1) is 0 Å². The van der Waals surface area contributed by atoms with Crippen molar-refractivity contribution in [3.63, 3.8) is 0 Å². The third-order valence-corrected chi connectivity index (χ3v) is 4.28. The van der Waals surface area contributed by atoms with E-state index in [2.05, 4.69) is 10.6 Å². The molecule has 24 heavy (non-hydrogen) atoms. The molecule has 1 aliphatic rings. The van der Waals surface area contributed by atoms with Crippen molar-refractivity contribution < 1.29 is 14.0 Å². The van der Waals surface area contributed by atoms with Gasteiger partial charge in [0.05, 0.1) is 5.92 Å². The molecule has 2 rings (SSSR count). The van der Waals surface area contributed by atoms with Gasteiger partial charge in [-0.1, -0.05) is 18.2 Å². The number of benzene rings is 1. The molecule has 1 fully saturated rings. The highest BCUT2D eigenvalue weighted by Crippen LogP contribution is 2.17. The van der Waals surface area contributed by atoms with E-state index in [9.17, 15) is 14.0 Å². The van der Waals surface area contributed by atoms with Crippen LogP contribution in [0.3, 0.4) is 0 Å². The Kier molecular flexibility index (Phi) is 6.58. The lowest BCUT2D eigenvalue weighted by Crippen LogP contribution is -2.50. The molecule has 3 amide bonds. The Morgan fingerprint density at radius 1 is 1.38 bits per heavy atom. The van der Waals surface area contributed by atoms with E-state index in [1.165, 1.54) is 6.07 Å². The summed E-state index contributed by atoms with van der Waals surface area (Å²) in [7, 11) is 0. The monoisotopic (exact) mass is 335 g/mol. The predicted molar refractivity (Wildman–Crippen MR) is 91.1 cm³/mol. The summed E-state index contributed by atoms with van der Waals surface area (Å²) >= 11 is 0. The van der Waals surface area contributed by atoms with E-state index in [1.807, 2.05) is 13.8 Å². The maximum atomic E-state index is 13.7. The number of nitrogens with zero attached hydrogens (tertiary/aromatic N) is 1.